The highest BCUT2D eigenvalue weighted by atomic mass is 16.1. The minimum atomic E-state index is -0.336. The molecule has 2 N–H and O–H groups in total. The molecule has 0 aromatic heterocycles. The second kappa shape index (κ2) is 5.62. The second-order valence-corrected chi connectivity index (χ2v) is 3.33. The maximum Gasteiger partial charge on any atom is 0.264 e. The van der Waals surface area contributed by atoms with Crippen LogP contribution in [0.15, 0.2) is 11.8 Å². The number of carbonyl (C=O) groups excluding carboxylic acids is 1. The minimum absolute atomic E-state index is 0.336. The summed E-state index contributed by atoms with van der Waals surface area (Å²) < 4.78 is 0. The van der Waals surface area contributed by atoms with E-state index in [4.69, 9.17) is 5.73 Å². The lowest BCUT2D eigenvalue weighted by Crippen LogP contribution is -2.31. The molecular formula is C10H20N2O. The van der Waals surface area contributed by atoms with Crippen molar-refractivity contribution < 1.29 is 4.79 Å². The van der Waals surface area contributed by atoms with Crippen molar-refractivity contribution in [3.05, 3.63) is 11.8 Å². The van der Waals surface area contributed by atoms with E-state index < -0.39 is 0 Å². The van der Waals surface area contributed by atoms with Crippen LogP contribution in [0.5, 0.6) is 0 Å². The number of hydrogen-bond acceptors (Lipinski definition) is 2. The van der Waals surface area contributed by atoms with Crippen molar-refractivity contribution in [2.45, 2.75) is 27.7 Å². The number of nitrogens with two attached hydrogens (primary N) is 1. The summed E-state index contributed by atoms with van der Waals surface area (Å²) in [6.07, 6.45) is 1.91. The van der Waals surface area contributed by atoms with Gasteiger partial charge in [0.1, 0.15) is 0 Å². The van der Waals surface area contributed by atoms with Gasteiger partial charge in [-0.1, -0.05) is 19.9 Å². The quantitative estimate of drug-likeness (QED) is 0.656. The zero-order valence-corrected chi connectivity index (χ0v) is 9.00. The summed E-state index contributed by atoms with van der Waals surface area (Å²) in [6.45, 7) is 9.73. The van der Waals surface area contributed by atoms with Crippen LogP contribution in [0.4, 0.5) is 0 Å². The summed E-state index contributed by atoms with van der Waals surface area (Å²) in [7, 11) is 0. The number of carbonyl (C=O) groups is 1. The first kappa shape index (κ1) is 12.0. The molecule has 0 radical (unpaired) electrons. The molecule has 0 fully saturated rings. The Balaban J connectivity index is 4.68. The summed E-state index contributed by atoms with van der Waals surface area (Å²) >= 11 is 0. The van der Waals surface area contributed by atoms with Gasteiger partial charge in [0.05, 0.1) is 5.70 Å². The molecule has 0 rings (SSSR count). The van der Waals surface area contributed by atoms with Crippen LogP contribution in [0.25, 0.3) is 0 Å². The highest BCUT2D eigenvalue weighted by molar-refractivity contribution is 5.91. The molecule has 0 aliphatic carbocycles. The molecule has 0 saturated carbocycles. The Morgan fingerprint density at radius 1 is 1.38 bits per heavy atom. The molecule has 3 nitrogen and oxygen atoms in total. The molecule has 0 aliphatic rings. The van der Waals surface area contributed by atoms with E-state index in [1.165, 1.54) is 0 Å². The fourth-order valence-electron chi connectivity index (χ4n) is 1.22. The van der Waals surface area contributed by atoms with Gasteiger partial charge in [-0.25, -0.2) is 0 Å². The van der Waals surface area contributed by atoms with Crippen molar-refractivity contribution in [1.29, 1.82) is 0 Å². The normalized spacial score (nSPS) is 11.9. The van der Waals surface area contributed by atoms with Crippen molar-refractivity contribution in [2.75, 3.05) is 13.1 Å². The number of allylic oxidation sites excluding steroid dienone is 1. The Bertz CT molecular complexity index is 193. The average molecular weight is 184 g/mol. The van der Waals surface area contributed by atoms with Gasteiger partial charge in [-0.2, -0.15) is 0 Å². The van der Waals surface area contributed by atoms with Gasteiger partial charge in [0, 0.05) is 13.1 Å². The third-order valence-electron chi connectivity index (χ3n) is 1.85. The summed E-state index contributed by atoms with van der Waals surface area (Å²) in [5.41, 5.74) is 5.93. The summed E-state index contributed by atoms with van der Waals surface area (Å²) in [5.74, 6) is 0.0144. The van der Waals surface area contributed by atoms with E-state index in [-0.39, 0.29) is 5.91 Å². The first-order valence-corrected chi connectivity index (χ1v) is 4.79. The van der Waals surface area contributed by atoms with Crippen molar-refractivity contribution in [3.8, 4) is 0 Å². The first-order chi connectivity index (χ1) is 6.02. The average Bonchev–Trinajstić information content (AvgIpc) is 2.04. The Hall–Kier alpha value is -0.990. The van der Waals surface area contributed by atoms with Gasteiger partial charge in [-0.15, -0.1) is 0 Å². The summed E-state index contributed by atoms with van der Waals surface area (Å²) in [6, 6.07) is 0. The van der Waals surface area contributed by atoms with E-state index in [0.29, 0.717) is 11.6 Å². The predicted molar refractivity (Wildman–Crippen MR) is 55.0 cm³/mol. The topological polar surface area (TPSA) is 46.3 Å². The molecule has 0 aliphatic heterocycles. The molecule has 0 unspecified atom stereocenters. The number of hydrogen-bond donors (Lipinski definition) is 1. The number of likely N-dealkylation sites (N-methyl/N-ethyl adjacent to an activating group) is 1. The molecule has 0 bridgehead atoms. The van der Waals surface area contributed by atoms with Crippen molar-refractivity contribution in [3.63, 3.8) is 0 Å². The lowest BCUT2D eigenvalue weighted by Gasteiger charge is -2.22. The maximum absolute atomic E-state index is 11.1. The molecule has 3 heteroatoms. The van der Waals surface area contributed by atoms with E-state index in [0.717, 1.165) is 13.1 Å². The van der Waals surface area contributed by atoms with Crippen LogP contribution in [0.1, 0.15) is 27.7 Å². The molecule has 0 aromatic carbocycles. The Kier molecular flexibility index (Phi) is 5.19. The molecule has 0 heterocycles. The Labute approximate surface area is 80.6 Å². The maximum atomic E-state index is 11.1. The van der Waals surface area contributed by atoms with Gasteiger partial charge in [0.2, 0.25) is 0 Å². The van der Waals surface area contributed by atoms with E-state index in [1.54, 1.807) is 0 Å². The zero-order chi connectivity index (χ0) is 10.4. The lowest BCUT2D eigenvalue weighted by molar-refractivity contribution is -0.116. The van der Waals surface area contributed by atoms with Gasteiger partial charge < -0.3 is 10.6 Å². The van der Waals surface area contributed by atoms with E-state index in [2.05, 4.69) is 0 Å². The van der Waals surface area contributed by atoms with Gasteiger partial charge in [-0.3, -0.25) is 4.79 Å². The van der Waals surface area contributed by atoms with Crippen LogP contribution in [0.2, 0.25) is 0 Å². The molecule has 0 aromatic rings. The van der Waals surface area contributed by atoms with Crippen LogP contribution in [-0.4, -0.2) is 23.9 Å². The van der Waals surface area contributed by atoms with Gasteiger partial charge in [0.25, 0.3) is 5.91 Å². The summed E-state index contributed by atoms with van der Waals surface area (Å²) in [4.78, 5) is 13.1. The van der Waals surface area contributed by atoms with Gasteiger partial charge in [0.15, 0.2) is 0 Å². The van der Waals surface area contributed by atoms with Crippen LogP contribution in [0.3, 0.4) is 0 Å². The standard InChI is InChI=1S/C10H20N2O/c1-5-12(6-2)9(10(11)13)7-8(3)4/h7-8H,5-6H2,1-4H3,(H2,11,13)/b9-7+. The molecule has 13 heavy (non-hydrogen) atoms. The minimum Gasteiger partial charge on any atom is -0.368 e. The van der Waals surface area contributed by atoms with Gasteiger partial charge in [-0.05, 0) is 19.8 Å². The third-order valence-corrected chi connectivity index (χ3v) is 1.85. The fourth-order valence-corrected chi connectivity index (χ4v) is 1.22. The first-order valence-electron chi connectivity index (χ1n) is 4.79. The highest BCUT2D eigenvalue weighted by Crippen LogP contribution is 2.07. The number of rotatable bonds is 5. The van der Waals surface area contributed by atoms with E-state index >= 15 is 0 Å². The lowest BCUT2D eigenvalue weighted by atomic mass is 10.1. The molecule has 0 saturated heterocycles. The number of amides is 1. The second-order valence-electron chi connectivity index (χ2n) is 3.33. The van der Waals surface area contributed by atoms with Gasteiger partial charge >= 0.3 is 0 Å². The van der Waals surface area contributed by atoms with Crippen LogP contribution >= 0.6 is 0 Å². The predicted octanol–water partition coefficient (Wildman–Crippen LogP) is 1.35. The monoisotopic (exact) mass is 184 g/mol. The largest absolute Gasteiger partial charge is 0.368 e. The van der Waals surface area contributed by atoms with Crippen molar-refractivity contribution in [1.82, 2.24) is 4.90 Å². The van der Waals surface area contributed by atoms with Crippen LogP contribution in [-0.2, 0) is 4.79 Å². The zero-order valence-electron chi connectivity index (χ0n) is 9.00. The molecule has 0 atom stereocenters. The molecule has 76 valence electrons. The highest BCUT2D eigenvalue weighted by Gasteiger charge is 2.11. The molecular weight excluding hydrogens is 164 g/mol. The molecule has 1 amide bonds. The number of primary amides is 1. The van der Waals surface area contributed by atoms with E-state index in [9.17, 15) is 4.79 Å². The Morgan fingerprint density at radius 2 is 1.85 bits per heavy atom. The Morgan fingerprint density at radius 3 is 2.08 bits per heavy atom. The van der Waals surface area contributed by atoms with E-state index in [1.807, 2.05) is 38.7 Å². The SMILES string of the molecule is CCN(CC)/C(=C/C(C)C)C(N)=O. The number of nitrogens with zero attached hydrogens (tertiary/aromatic N) is 1. The smallest absolute Gasteiger partial charge is 0.264 e. The van der Waals surface area contributed by atoms with Crippen molar-refractivity contribution in [2.24, 2.45) is 11.7 Å². The molecule has 0 spiro atoms. The van der Waals surface area contributed by atoms with Crippen molar-refractivity contribution >= 4 is 5.91 Å². The fraction of sp³-hybridized carbons (Fsp3) is 0.700. The van der Waals surface area contributed by atoms with Crippen LogP contribution in [0, 0.1) is 5.92 Å². The van der Waals surface area contributed by atoms with Crippen LogP contribution < -0.4 is 5.73 Å². The third kappa shape index (κ3) is 3.97. The summed E-state index contributed by atoms with van der Waals surface area (Å²) in [5, 5.41) is 0.